The third-order valence-electron chi connectivity index (χ3n) is 3.60. The summed E-state index contributed by atoms with van der Waals surface area (Å²) in [6.45, 7) is 1.96. The number of rotatable bonds is 6. The predicted molar refractivity (Wildman–Crippen MR) is 98.7 cm³/mol. The molecule has 0 aromatic heterocycles. The summed E-state index contributed by atoms with van der Waals surface area (Å²) in [6, 6.07) is 18.1. The quantitative estimate of drug-likeness (QED) is 0.834. The van der Waals surface area contributed by atoms with E-state index in [-0.39, 0.29) is 6.03 Å². The fourth-order valence-electron chi connectivity index (χ4n) is 2.21. The molecule has 0 atom stereocenters. The van der Waals surface area contributed by atoms with Gasteiger partial charge >= 0.3 is 6.03 Å². The maximum atomic E-state index is 12.1. The first-order valence-electron chi connectivity index (χ1n) is 7.56. The van der Waals surface area contributed by atoms with E-state index in [0.29, 0.717) is 13.1 Å². The van der Waals surface area contributed by atoms with Gasteiger partial charge in [-0.1, -0.05) is 46.3 Å². The van der Waals surface area contributed by atoms with E-state index < -0.39 is 0 Å². The van der Waals surface area contributed by atoms with Crippen LogP contribution in [0.5, 0.6) is 0 Å². The van der Waals surface area contributed by atoms with Gasteiger partial charge in [-0.05, 0) is 29.8 Å². The average molecular weight is 376 g/mol. The van der Waals surface area contributed by atoms with E-state index >= 15 is 0 Å². The Balaban J connectivity index is 1.74. The Morgan fingerprint density at radius 1 is 1.04 bits per heavy atom. The van der Waals surface area contributed by atoms with Crippen LogP contribution in [0.25, 0.3) is 0 Å². The smallest absolute Gasteiger partial charge is 0.317 e. The number of halogens is 1. The fraction of sp³-hybridized carbons (Fsp3) is 0.278. The number of carbonyl (C=O) groups excluding carboxylic acids is 1. The third kappa shape index (κ3) is 5.60. The summed E-state index contributed by atoms with van der Waals surface area (Å²) < 4.78 is 1.04. The van der Waals surface area contributed by atoms with Crippen LogP contribution in [0.2, 0.25) is 0 Å². The standard InChI is InChI=1S/C18H22BrN3O/c1-21(17-6-4-3-5-7-17)13-12-20-18(23)22(2)14-15-8-10-16(19)11-9-15/h3-11H,12-14H2,1-2H3,(H,20,23). The molecule has 0 heterocycles. The van der Waals surface area contributed by atoms with Crippen molar-refractivity contribution < 1.29 is 4.79 Å². The summed E-state index contributed by atoms with van der Waals surface area (Å²) in [5.74, 6) is 0. The van der Waals surface area contributed by atoms with E-state index in [2.05, 4.69) is 38.3 Å². The minimum Gasteiger partial charge on any atom is -0.373 e. The van der Waals surface area contributed by atoms with Gasteiger partial charge in [0.25, 0.3) is 0 Å². The second-order valence-electron chi connectivity index (χ2n) is 5.47. The number of hydrogen-bond donors (Lipinski definition) is 1. The maximum Gasteiger partial charge on any atom is 0.317 e. The Kier molecular flexibility index (Phi) is 6.47. The van der Waals surface area contributed by atoms with Crippen LogP contribution in [-0.2, 0) is 6.54 Å². The van der Waals surface area contributed by atoms with Crippen molar-refractivity contribution in [2.75, 3.05) is 32.1 Å². The van der Waals surface area contributed by atoms with Crippen molar-refractivity contribution in [3.05, 3.63) is 64.6 Å². The summed E-state index contributed by atoms with van der Waals surface area (Å²) in [5.41, 5.74) is 2.25. The van der Waals surface area contributed by atoms with Crippen molar-refractivity contribution >= 4 is 27.6 Å². The van der Waals surface area contributed by atoms with Crippen LogP contribution in [0.4, 0.5) is 10.5 Å². The minimum absolute atomic E-state index is 0.0608. The van der Waals surface area contributed by atoms with Crippen LogP contribution >= 0.6 is 15.9 Å². The number of urea groups is 1. The lowest BCUT2D eigenvalue weighted by Crippen LogP contribution is -2.40. The van der Waals surface area contributed by atoms with E-state index in [1.165, 1.54) is 0 Å². The number of carbonyl (C=O) groups is 1. The highest BCUT2D eigenvalue weighted by Crippen LogP contribution is 2.12. The van der Waals surface area contributed by atoms with Crippen molar-refractivity contribution in [2.45, 2.75) is 6.54 Å². The summed E-state index contributed by atoms with van der Waals surface area (Å²) in [7, 11) is 3.82. The molecule has 1 N–H and O–H groups in total. The highest BCUT2D eigenvalue weighted by molar-refractivity contribution is 9.10. The lowest BCUT2D eigenvalue weighted by Gasteiger charge is -2.22. The minimum atomic E-state index is -0.0608. The number of anilines is 1. The van der Waals surface area contributed by atoms with E-state index in [4.69, 9.17) is 0 Å². The second-order valence-corrected chi connectivity index (χ2v) is 6.39. The molecule has 122 valence electrons. The van der Waals surface area contributed by atoms with Gasteiger partial charge in [-0.25, -0.2) is 4.79 Å². The molecule has 0 saturated carbocycles. The van der Waals surface area contributed by atoms with E-state index in [1.807, 2.05) is 49.5 Å². The lowest BCUT2D eigenvalue weighted by molar-refractivity contribution is 0.207. The number of benzene rings is 2. The molecule has 2 amide bonds. The topological polar surface area (TPSA) is 35.6 Å². The molecule has 0 fully saturated rings. The van der Waals surface area contributed by atoms with Gasteiger partial charge in [0.05, 0.1) is 0 Å². The zero-order valence-electron chi connectivity index (χ0n) is 13.5. The van der Waals surface area contributed by atoms with Gasteiger partial charge in [-0.2, -0.15) is 0 Å². The van der Waals surface area contributed by atoms with E-state index in [1.54, 1.807) is 11.9 Å². The second kappa shape index (κ2) is 8.58. The summed E-state index contributed by atoms with van der Waals surface area (Å²) in [4.78, 5) is 15.9. The number of hydrogen-bond acceptors (Lipinski definition) is 2. The molecular formula is C18H22BrN3O. The van der Waals surface area contributed by atoms with Gasteiger partial charge in [-0.15, -0.1) is 0 Å². The molecule has 0 saturated heterocycles. The van der Waals surface area contributed by atoms with E-state index in [9.17, 15) is 4.79 Å². The van der Waals surface area contributed by atoms with Gasteiger partial charge in [0, 0.05) is 43.9 Å². The van der Waals surface area contributed by atoms with Crippen molar-refractivity contribution in [1.29, 1.82) is 0 Å². The molecule has 4 nitrogen and oxygen atoms in total. The van der Waals surface area contributed by atoms with Gasteiger partial charge in [0.1, 0.15) is 0 Å². The van der Waals surface area contributed by atoms with Gasteiger partial charge in [-0.3, -0.25) is 0 Å². The summed E-state index contributed by atoms with van der Waals surface area (Å²) in [5, 5.41) is 2.95. The van der Waals surface area contributed by atoms with Crippen molar-refractivity contribution in [3.8, 4) is 0 Å². The molecule has 2 rings (SSSR count). The van der Waals surface area contributed by atoms with Crippen LogP contribution in [0.1, 0.15) is 5.56 Å². The first-order valence-corrected chi connectivity index (χ1v) is 8.35. The largest absolute Gasteiger partial charge is 0.373 e. The summed E-state index contributed by atoms with van der Waals surface area (Å²) in [6.07, 6.45) is 0. The van der Waals surface area contributed by atoms with Crippen molar-refractivity contribution in [2.24, 2.45) is 0 Å². The lowest BCUT2D eigenvalue weighted by atomic mass is 10.2. The molecule has 0 spiro atoms. The van der Waals surface area contributed by atoms with Crippen LogP contribution in [0.15, 0.2) is 59.1 Å². The van der Waals surface area contributed by atoms with E-state index in [0.717, 1.165) is 22.3 Å². The Morgan fingerprint density at radius 2 is 1.70 bits per heavy atom. The first kappa shape index (κ1) is 17.3. The molecule has 0 bridgehead atoms. The maximum absolute atomic E-state index is 12.1. The Labute approximate surface area is 146 Å². The van der Waals surface area contributed by atoms with Gasteiger partial charge < -0.3 is 15.1 Å². The molecule has 0 aliphatic carbocycles. The van der Waals surface area contributed by atoms with Crippen LogP contribution < -0.4 is 10.2 Å². The fourth-order valence-corrected chi connectivity index (χ4v) is 2.48. The monoisotopic (exact) mass is 375 g/mol. The number of amides is 2. The Morgan fingerprint density at radius 3 is 2.35 bits per heavy atom. The first-order chi connectivity index (χ1) is 11.1. The zero-order chi connectivity index (χ0) is 16.7. The molecule has 0 radical (unpaired) electrons. The molecule has 23 heavy (non-hydrogen) atoms. The van der Waals surface area contributed by atoms with Crippen LogP contribution in [0.3, 0.4) is 0 Å². The van der Waals surface area contributed by atoms with Crippen LogP contribution in [0, 0.1) is 0 Å². The predicted octanol–water partition coefficient (Wildman–Crippen LogP) is 3.73. The van der Waals surface area contributed by atoms with Gasteiger partial charge in [0.15, 0.2) is 0 Å². The molecule has 2 aromatic rings. The SMILES string of the molecule is CN(Cc1ccc(Br)cc1)C(=O)NCCN(C)c1ccccc1. The van der Waals surface area contributed by atoms with Crippen molar-refractivity contribution in [3.63, 3.8) is 0 Å². The number of nitrogens with one attached hydrogen (secondary N) is 1. The normalized spacial score (nSPS) is 10.2. The molecular weight excluding hydrogens is 354 g/mol. The molecule has 0 aliphatic heterocycles. The van der Waals surface area contributed by atoms with Crippen molar-refractivity contribution in [1.82, 2.24) is 10.2 Å². The Bertz CT molecular complexity index is 616. The summed E-state index contributed by atoms with van der Waals surface area (Å²) >= 11 is 3.41. The highest BCUT2D eigenvalue weighted by atomic mass is 79.9. The Hall–Kier alpha value is -2.01. The number of nitrogens with zero attached hydrogens (tertiary/aromatic N) is 2. The molecule has 0 unspecified atom stereocenters. The molecule has 5 heteroatoms. The number of para-hydroxylation sites is 1. The average Bonchev–Trinajstić information content (AvgIpc) is 2.57. The zero-order valence-corrected chi connectivity index (χ0v) is 15.1. The van der Waals surface area contributed by atoms with Gasteiger partial charge in [0.2, 0.25) is 0 Å². The number of likely N-dealkylation sites (N-methyl/N-ethyl adjacent to an activating group) is 1. The molecule has 0 aliphatic rings. The third-order valence-corrected chi connectivity index (χ3v) is 4.13. The molecule has 2 aromatic carbocycles. The van der Waals surface area contributed by atoms with Crippen LogP contribution in [-0.4, -0.2) is 38.1 Å². The highest BCUT2D eigenvalue weighted by Gasteiger charge is 2.09.